The van der Waals surface area contributed by atoms with Gasteiger partial charge in [0, 0.05) is 13.1 Å². The first-order valence-electron chi connectivity index (χ1n) is 4.65. The molecule has 5 heteroatoms. The molecule has 1 aromatic heterocycles. The summed E-state index contributed by atoms with van der Waals surface area (Å²) in [6.07, 6.45) is 0. The van der Waals surface area contributed by atoms with E-state index in [0.717, 1.165) is 21.1 Å². The Morgan fingerprint density at radius 2 is 2.33 bits per heavy atom. The number of rotatable bonds is 3. The van der Waals surface area contributed by atoms with Crippen molar-refractivity contribution in [3.05, 3.63) is 17.2 Å². The minimum Gasteiger partial charge on any atom is -0.494 e. The summed E-state index contributed by atoms with van der Waals surface area (Å²) in [5, 5.41) is 4.50. The van der Waals surface area contributed by atoms with E-state index in [-0.39, 0.29) is 0 Å². The Hall–Kier alpha value is -1.00. The van der Waals surface area contributed by atoms with Crippen molar-refractivity contribution >= 4 is 38.3 Å². The molecule has 1 heterocycles. The van der Waals surface area contributed by atoms with Crippen molar-refractivity contribution in [3.8, 4) is 5.75 Å². The highest BCUT2D eigenvalue weighted by Gasteiger charge is 2.08. The summed E-state index contributed by atoms with van der Waals surface area (Å²) in [4.78, 5) is 4.35. The molecule has 0 saturated heterocycles. The van der Waals surface area contributed by atoms with Crippen LogP contribution in [0, 0.1) is 0 Å². The molecule has 2 rings (SSSR count). The zero-order chi connectivity index (χ0) is 10.8. The average Bonchev–Trinajstić information content (AvgIpc) is 2.62. The van der Waals surface area contributed by atoms with Crippen molar-refractivity contribution < 1.29 is 4.74 Å². The minimum absolute atomic E-state index is 0.633. The van der Waals surface area contributed by atoms with Crippen LogP contribution in [0.4, 0.5) is 5.13 Å². The van der Waals surface area contributed by atoms with Crippen molar-refractivity contribution in [1.82, 2.24) is 4.98 Å². The van der Waals surface area contributed by atoms with Gasteiger partial charge in [0.05, 0.1) is 16.3 Å². The fraction of sp³-hybridized carbons (Fsp3) is 0.300. The average molecular weight is 243 g/mol. The molecule has 0 spiro atoms. The van der Waals surface area contributed by atoms with Gasteiger partial charge in [0.2, 0.25) is 0 Å². The van der Waals surface area contributed by atoms with E-state index in [2.05, 4.69) is 10.3 Å². The van der Waals surface area contributed by atoms with Crippen LogP contribution in [0.2, 0.25) is 5.02 Å². The predicted molar refractivity (Wildman–Crippen MR) is 65.3 cm³/mol. The lowest BCUT2D eigenvalue weighted by atomic mass is 10.3. The third kappa shape index (κ3) is 2.01. The number of fused-ring (bicyclic) bond motifs is 1. The number of thiazole rings is 1. The molecule has 0 bridgehead atoms. The van der Waals surface area contributed by atoms with Crippen LogP contribution in [0.15, 0.2) is 12.1 Å². The first-order chi connectivity index (χ1) is 7.24. The zero-order valence-corrected chi connectivity index (χ0v) is 10.1. The lowest BCUT2D eigenvalue weighted by molar-refractivity contribution is 0.341. The normalized spacial score (nSPS) is 10.6. The van der Waals surface area contributed by atoms with Crippen LogP contribution in [0.1, 0.15) is 6.92 Å². The van der Waals surface area contributed by atoms with Crippen molar-refractivity contribution in [2.24, 2.45) is 0 Å². The van der Waals surface area contributed by atoms with E-state index in [1.807, 2.05) is 20.0 Å². The van der Waals surface area contributed by atoms with Crippen molar-refractivity contribution in [3.63, 3.8) is 0 Å². The van der Waals surface area contributed by atoms with Gasteiger partial charge < -0.3 is 10.1 Å². The Kier molecular flexibility index (Phi) is 2.98. The van der Waals surface area contributed by atoms with Crippen LogP contribution in [0.3, 0.4) is 0 Å². The number of nitrogens with one attached hydrogen (secondary N) is 1. The van der Waals surface area contributed by atoms with Crippen LogP contribution in [0.25, 0.3) is 10.2 Å². The number of hydrogen-bond acceptors (Lipinski definition) is 4. The molecular formula is C10H11ClN2OS. The minimum atomic E-state index is 0.633. The maximum Gasteiger partial charge on any atom is 0.183 e. The fourth-order valence-electron chi connectivity index (χ4n) is 1.32. The highest BCUT2D eigenvalue weighted by molar-refractivity contribution is 7.22. The van der Waals surface area contributed by atoms with Gasteiger partial charge in [-0.25, -0.2) is 4.98 Å². The van der Waals surface area contributed by atoms with Crippen molar-refractivity contribution in [1.29, 1.82) is 0 Å². The first-order valence-corrected chi connectivity index (χ1v) is 5.84. The largest absolute Gasteiger partial charge is 0.494 e. The molecule has 1 aromatic carbocycles. The third-order valence-corrected chi connectivity index (χ3v) is 3.25. The summed E-state index contributed by atoms with van der Waals surface area (Å²) >= 11 is 7.67. The molecule has 0 saturated carbocycles. The fourth-order valence-corrected chi connectivity index (χ4v) is 2.50. The van der Waals surface area contributed by atoms with Crippen LogP contribution in [-0.2, 0) is 0 Å². The first kappa shape index (κ1) is 10.5. The number of aromatic nitrogens is 1. The molecule has 0 unspecified atom stereocenters. The van der Waals surface area contributed by atoms with Gasteiger partial charge in [0.15, 0.2) is 5.13 Å². The summed E-state index contributed by atoms with van der Waals surface area (Å²) in [5.41, 5.74) is 0.828. The predicted octanol–water partition coefficient (Wildman–Crippen LogP) is 3.39. The third-order valence-electron chi connectivity index (χ3n) is 1.95. The van der Waals surface area contributed by atoms with Gasteiger partial charge in [-0.3, -0.25) is 0 Å². The molecule has 0 aliphatic carbocycles. The SMILES string of the molecule is CCOc1cc(Cl)c2nc(NC)sc2c1. The number of halogens is 1. The summed E-state index contributed by atoms with van der Waals surface area (Å²) in [6.45, 7) is 2.59. The summed E-state index contributed by atoms with van der Waals surface area (Å²) in [7, 11) is 1.84. The van der Waals surface area contributed by atoms with Gasteiger partial charge in [-0.15, -0.1) is 0 Å². The Bertz CT molecular complexity index is 483. The number of nitrogens with zero attached hydrogens (tertiary/aromatic N) is 1. The highest BCUT2D eigenvalue weighted by atomic mass is 35.5. The van der Waals surface area contributed by atoms with E-state index in [1.165, 1.54) is 0 Å². The van der Waals surface area contributed by atoms with E-state index in [0.29, 0.717) is 11.6 Å². The van der Waals surface area contributed by atoms with Gasteiger partial charge in [-0.1, -0.05) is 22.9 Å². The molecular weight excluding hydrogens is 232 g/mol. The van der Waals surface area contributed by atoms with E-state index < -0.39 is 0 Å². The molecule has 0 aliphatic heterocycles. The van der Waals surface area contributed by atoms with E-state index in [1.54, 1.807) is 17.4 Å². The Labute approximate surface area is 97.0 Å². The Morgan fingerprint density at radius 3 is 3.00 bits per heavy atom. The number of anilines is 1. The van der Waals surface area contributed by atoms with E-state index >= 15 is 0 Å². The molecule has 2 aromatic rings. The van der Waals surface area contributed by atoms with Crippen LogP contribution >= 0.6 is 22.9 Å². The van der Waals surface area contributed by atoms with Gasteiger partial charge in [0.1, 0.15) is 11.3 Å². The maximum absolute atomic E-state index is 6.10. The molecule has 0 atom stereocenters. The second-order valence-electron chi connectivity index (χ2n) is 2.95. The molecule has 1 N–H and O–H groups in total. The molecule has 0 amide bonds. The monoisotopic (exact) mass is 242 g/mol. The molecule has 15 heavy (non-hydrogen) atoms. The quantitative estimate of drug-likeness (QED) is 0.896. The molecule has 0 aliphatic rings. The highest BCUT2D eigenvalue weighted by Crippen LogP contribution is 2.34. The van der Waals surface area contributed by atoms with Gasteiger partial charge in [0.25, 0.3) is 0 Å². The van der Waals surface area contributed by atoms with Gasteiger partial charge in [-0.05, 0) is 13.0 Å². The van der Waals surface area contributed by atoms with Crippen LogP contribution in [0.5, 0.6) is 5.75 Å². The molecule has 0 radical (unpaired) electrons. The van der Waals surface area contributed by atoms with Crippen LogP contribution < -0.4 is 10.1 Å². The second-order valence-corrected chi connectivity index (χ2v) is 4.39. The van der Waals surface area contributed by atoms with Crippen LogP contribution in [-0.4, -0.2) is 18.6 Å². The van der Waals surface area contributed by atoms with Gasteiger partial charge in [-0.2, -0.15) is 0 Å². The maximum atomic E-state index is 6.10. The Balaban J connectivity index is 2.54. The topological polar surface area (TPSA) is 34.1 Å². The lowest BCUT2D eigenvalue weighted by Gasteiger charge is -2.02. The van der Waals surface area contributed by atoms with Crippen molar-refractivity contribution in [2.75, 3.05) is 19.0 Å². The molecule has 80 valence electrons. The number of benzene rings is 1. The van der Waals surface area contributed by atoms with E-state index in [9.17, 15) is 0 Å². The smallest absolute Gasteiger partial charge is 0.183 e. The molecule has 3 nitrogen and oxygen atoms in total. The summed E-state index contributed by atoms with van der Waals surface area (Å²) in [6, 6.07) is 3.76. The Morgan fingerprint density at radius 1 is 1.53 bits per heavy atom. The second kappa shape index (κ2) is 4.24. The van der Waals surface area contributed by atoms with E-state index in [4.69, 9.17) is 16.3 Å². The zero-order valence-electron chi connectivity index (χ0n) is 8.50. The standard InChI is InChI=1S/C10H11ClN2OS/c1-3-14-6-4-7(11)9-8(5-6)15-10(12-2)13-9/h4-5H,3H2,1-2H3,(H,12,13). The molecule has 0 fully saturated rings. The number of ether oxygens (including phenoxy) is 1. The lowest BCUT2D eigenvalue weighted by Crippen LogP contribution is -1.90. The summed E-state index contributed by atoms with van der Waals surface area (Å²) in [5.74, 6) is 0.793. The van der Waals surface area contributed by atoms with Gasteiger partial charge >= 0.3 is 0 Å². The number of hydrogen-bond donors (Lipinski definition) is 1. The summed E-state index contributed by atoms with van der Waals surface area (Å²) < 4.78 is 6.45. The van der Waals surface area contributed by atoms with Crippen molar-refractivity contribution in [2.45, 2.75) is 6.92 Å².